The van der Waals surface area contributed by atoms with Crippen LogP contribution in [0.1, 0.15) is 32.8 Å². The molecule has 1 aliphatic rings. The number of carbonyl (C=O) groups is 4. The molecule has 0 spiro atoms. The zero-order valence-electron chi connectivity index (χ0n) is 17.2. The number of nitrogens with zero attached hydrogens (tertiary/aromatic N) is 2. The predicted octanol–water partition coefficient (Wildman–Crippen LogP) is 3.60. The number of imide groups is 1. The number of fused-ring (bicyclic) bond motifs is 1. The second-order valence-electron chi connectivity index (χ2n) is 6.87. The van der Waals surface area contributed by atoms with E-state index in [1.165, 1.54) is 30.0 Å². The molecule has 2 aromatic rings. The van der Waals surface area contributed by atoms with Crippen LogP contribution in [0.4, 0.5) is 5.82 Å². The van der Waals surface area contributed by atoms with E-state index in [9.17, 15) is 19.2 Å². The number of hydrogen-bond donors (Lipinski definition) is 1. The fraction of sp³-hybridized carbons (Fsp3) is 0.286. The molecule has 8 nitrogen and oxygen atoms in total. The van der Waals surface area contributed by atoms with Crippen LogP contribution in [0.15, 0.2) is 30.3 Å². The van der Waals surface area contributed by atoms with E-state index in [-0.39, 0.29) is 28.4 Å². The highest BCUT2D eigenvalue weighted by Gasteiger charge is 2.43. The molecular formula is C21H19Cl2N3O5S. The summed E-state index contributed by atoms with van der Waals surface area (Å²) < 4.78 is 5.13. The third kappa shape index (κ3) is 5.06. The van der Waals surface area contributed by atoms with Crippen LogP contribution in [0.25, 0.3) is 0 Å². The van der Waals surface area contributed by atoms with Gasteiger partial charge < -0.3 is 10.1 Å². The number of benzene rings is 1. The largest absolute Gasteiger partial charge is 0.454 e. The number of esters is 1. The van der Waals surface area contributed by atoms with E-state index in [4.69, 9.17) is 27.9 Å². The number of nitrogens with one attached hydrogen (secondary N) is 1. The number of ether oxygens (including phenoxy) is 1. The van der Waals surface area contributed by atoms with E-state index in [2.05, 4.69) is 10.3 Å². The van der Waals surface area contributed by atoms with Crippen LogP contribution in [0, 0.1) is 6.92 Å². The summed E-state index contributed by atoms with van der Waals surface area (Å²) in [6, 6.07) is 6.64. The minimum absolute atomic E-state index is 0.0777. The number of anilines is 1. The Hall–Kier alpha value is -2.62. The number of rotatable bonds is 8. The molecule has 0 radical (unpaired) electrons. The van der Waals surface area contributed by atoms with Gasteiger partial charge in [0, 0.05) is 0 Å². The molecule has 0 aliphatic carbocycles. The number of amides is 3. The Morgan fingerprint density at radius 3 is 2.38 bits per heavy atom. The van der Waals surface area contributed by atoms with Gasteiger partial charge in [0.05, 0.1) is 26.9 Å². The lowest BCUT2D eigenvalue weighted by molar-refractivity contribution is -0.151. The van der Waals surface area contributed by atoms with Crippen LogP contribution in [-0.2, 0) is 14.3 Å². The summed E-state index contributed by atoms with van der Waals surface area (Å²) in [5, 5.41) is 2.92. The molecular weight excluding hydrogens is 477 g/mol. The maximum absolute atomic E-state index is 12.8. The topological polar surface area (TPSA) is 106 Å². The van der Waals surface area contributed by atoms with Gasteiger partial charge in [0.1, 0.15) is 6.04 Å². The summed E-state index contributed by atoms with van der Waals surface area (Å²) in [6.07, 6.45) is 2.03. The van der Waals surface area contributed by atoms with Crippen molar-refractivity contribution in [3.05, 3.63) is 57.2 Å². The first-order valence-electron chi connectivity index (χ1n) is 9.49. The highest BCUT2D eigenvalue weighted by molar-refractivity contribution is 7.98. The van der Waals surface area contributed by atoms with Crippen LogP contribution in [0.3, 0.4) is 0 Å². The summed E-state index contributed by atoms with van der Waals surface area (Å²) in [6.45, 7) is 1.00. The summed E-state index contributed by atoms with van der Waals surface area (Å²) in [5.41, 5.74) is 0.929. The lowest BCUT2D eigenvalue weighted by Crippen LogP contribution is -2.46. The number of carbonyl (C=O) groups excluding carboxylic acids is 4. The van der Waals surface area contributed by atoms with Gasteiger partial charge in [-0.05, 0) is 43.6 Å². The smallest absolute Gasteiger partial charge is 0.329 e. The van der Waals surface area contributed by atoms with Crippen molar-refractivity contribution in [2.24, 2.45) is 0 Å². The zero-order chi connectivity index (χ0) is 23.4. The molecule has 0 fully saturated rings. The number of halogens is 2. The molecule has 1 aliphatic heterocycles. The summed E-state index contributed by atoms with van der Waals surface area (Å²) in [5.74, 6) is -2.08. The average Bonchev–Trinajstić information content (AvgIpc) is 3.02. The van der Waals surface area contributed by atoms with E-state index in [1.54, 1.807) is 19.1 Å². The summed E-state index contributed by atoms with van der Waals surface area (Å²) in [7, 11) is 0. The van der Waals surface area contributed by atoms with E-state index in [1.807, 2.05) is 6.26 Å². The van der Waals surface area contributed by atoms with Crippen LogP contribution in [0.2, 0.25) is 10.0 Å². The van der Waals surface area contributed by atoms with Gasteiger partial charge in [-0.3, -0.25) is 19.3 Å². The quantitative estimate of drug-likeness (QED) is 0.440. The first-order chi connectivity index (χ1) is 15.2. The maximum atomic E-state index is 12.8. The van der Waals surface area contributed by atoms with Crippen molar-refractivity contribution in [1.29, 1.82) is 0 Å². The number of hydrogen-bond acceptors (Lipinski definition) is 7. The number of pyridine rings is 1. The second-order valence-corrected chi connectivity index (χ2v) is 8.67. The van der Waals surface area contributed by atoms with E-state index in [0.717, 1.165) is 4.90 Å². The third-order valence-electron chi connectivity index (χ3n) is 4.71. The zero-order valence-corrected chi connectivity index (χ0v) is 19.5. The molecule has 11 heteroatoms. The van der Waals surface area contributed by atoms with Gasteiger partial charge in [-0.1, -0.05) is 35.3 Å². The minimum Gasteiger partial charge on any atom is -0.454 e. The van der Waals surface area contributed by atoms with Crippen molar-refractivity contribution >= 4 is 64.5 Å². The maximum Gasteiger partial charge on any atom is 0.329 e. The highest BCUT2D eigenvalue weighted by Crippen LogP contribution is 2.27. The molecule has 32 heavy (non-hydrogen) atoms. The monoisotopic (exact) mass is 495 g/mol. The fourth-order valence-corrected chi connectivity index (χ4v) is 3.98. The molecule has 3 amide bonds. The van der Waals surface area contributed by atoms with Gasteiger partial charge in [0.25, 0.3) is 17.7 Å². The Morgan fingerprint density at radius 1 is 1.16 bits per heavy atom. The summed E-state index contributed by atoms with van der Waals surface area (Å²) >= 11 is 13.4. The molecule has 1 N–H and O–H groups in total. The predicted molar refractivity (Wildman–Crippen MR) is 122 cm³/mol. The van der Waals surface area contributed by atoms with Gasteiger partial charge >= 0.3 is 5.97 Å². The van der Waals surface area contributed by atoms with Gasteiger partial charge in [0.2, 0.25) is 0 Å². The molecule has 3 rings (SSSR count). The van der Waals surface area contributed by atoms with Gasteiger partial charge in [-0.25, -0.2) is 9.78 Å². The van der Waals surface area contributed by atoms with E-state index >= 15 is 0 Å². The van der Waals surface area contributed by atoms with Gasteiger partial charge in [0.15, 0.2) is 12.4 Å². The molecule has 1 aromatic heterocycles. The van der Waals surface area contributed by atoms with Gasteiger partial charge in [-0.15, -0.1) is 0 Å². The molecule has 168 valence electrons. The molecule has 0 saturated heterocycles. The molecule has 0 saturated carbocycles. The molecule has 2 heterocycles. The third-order valence-corrected chi connectivity index (χ3v) is 6.03. The number of thioether (sulfide) groups is 1. The number of aromatic nitrogens is 1. The normalized spacial score (nSPS) is 13.7. The van der Waals surface area contributed by atoms with E-state index < -0.39 is 36.3 Å². The Bertz CT molecular complexity index is 1060. The first-order valence-corrected chi connectivity index (χ1v) is 11.6. The molecule has 1 unspecified atom stereocenters. The van der Waals surface area contributed by atoms with Crippen molar-refractivity contribution in [1.82, 2.24) is 9.88 Å². The standard InChI is InChI=1S/C21H19Cl2N3O5S/c1-11-14(22)9-15(23)18(24-11)25-17(27)10-31-21(30)16(7-8-32-2)26-19(28)12-5-3-4-6-13(12)20(26)29/h3-6,9,16H,7-8,10H2,1-2H3,(H,24,25,27). The Labute approximate surface area is 198 Å². The SMILES string of the molecule is CSCCC(C(=O)OCC(=O)Nc1nc(C)c(Cl)cc1Cl)N1C(=O)c2ccccc2C1=O. The lowest BCUT2D eigenvalue weighted by Gasteiger charge is -2.24. The van der Waals surface area contributed by atoms with Crippen molar-refractivity contribution in [2.45, 2.75) is 19.4 Å². The van der Waals surface area contributed by atoms with Crippen LogP contribution >= 0.6 is 35.0 Å². The first kappa shape index (κ1) is 24.0. The van der Waals surface area contributed by atoms with Crippen molar-refractivity contribution in [3.8, 4) is 0 Å². The molecule has 1 aromatic carbocycles. The lowest BCUT2D eigenvalue weighted by atomic mass is 10.1. The minimum atomic E-state index is -1.15. The van der Waals surface area contributed by atoms with Crippen LogP contribution in [0.5, 0.6) is 0 Å². The average molecular weight is 496 g/mol. The van der Waals surface area contributed by atoms with Crippen LogP contribution in [-0.4, -0.2) is 58.2 Å². The molecule has 1 atom stereocenters. The molecule has 0 bridgehead atoms. The Kier molecular flexibility index (Phi) is 7.76. The van der Waals surface area contributed by atoms with E-state index in [0.29, 0.717) is 16.5 Å². The number of aryl methyl sites for hydroxylation is 1. The summed E-state index contributed by atoms with van der Waals surface area (Å²) in [4.78, 5) is 55.6. The van der Waals surface area contributed by atoms with Crippen molar-refractivity contribution in [2.75, 3.05) is 23.9 Å². The van der Waals surface area contributed by atoms with Crippen molar-refractivity contribution in [3.63, 3.8) is 0 Å². The second kappa shape index (κ2) is 10.3. The van der Waals surface area contributed by atoms with Gasteiger partial charge in [-0.2, -0.15) is 11.8 Å². The Morgan fingerprint density at radius 2 is 1.78 bits per heavy atom. The van der Waals surface area contributed by atoms with Crippen molar-refractivity contribution < 1.29 is 23.9 Å². The Balaban J connectivity index is 1.69. The fourth-order valence-electron chi connectivity index (χ4n) is 3.12. The van der Waals surface area contributed by atoms with Crippen LogP contribution < -0.4 is 5.32 Å². The highest BCUT2D eigenvalue weighted by atomic mass is 35.5.